The smallest absolute Gasteiger partial charge is 0.241 e. The molecule has 1 aliphatic rings. The molecule has 19 heavy (non-hydrogen) atoms. The molecule has 0 aliphatic heterocycles. The zero-order valence-electron chi connectivity index (χ0n) is 11.0. The highest BCUT2D eigenvalue weighted by Gasteiger charge is 2.27. The third-order valence-corrected chi connectivity index (χ3v) is 5.18. The molecule has 106 valence electrons. The molecule has 1 heterocycles. The zero-order chi connectivity index (χ0) is 13.9. The average Bonchev–Trinajstić information content (AvgIpc) is 2.39. The minimum absolute atomic E-state index is 0.103. The van der Waals surface area contributed by atoms with Crippen LogP contribution in [0.3, 0.4) is 0 Å². The van der Waals surface area contributed by atoms with Crippen molar-refractivity contribution in [1.82, 2.24) is 9.71 Å². The molecule has 4 nitrogen and oxygen atoms in total. The number of pyridine rings is 1. The van der Waals surface area contributed by atoms with Crippen molar-refractivity contribution in [1.29, 1.82) is 0 Å². The summed E-state index contributed by atoms with van der Waals surface area (Å²) in [7, 11) is -3.85. The maximum atomic E-state index is 13.5. The van der Waals surface area contributed by atoms with E-state index >= 15 is 0 Å². The number of halogens is 1. The maximum Gasteiger partial charge on any atom is 0.261 e. The highest BCUT2D eigenvalue weighted by Crippen LogP contribution is 2.27. The Morgan fingerprint density at radius 2 is 2.05 bits per heavy atom. The summed E-state index contributed by atoms with van der Waals surface area (Å²) in [6.45, 7) is 2.15. The van der Waals surface area contributed by atoms with Gasteiger partial charge in [-0.15, -0.1) is 0 Å². The van der Waals surface area contributed by atoms with Gasteiger partial charge in [-0.25, -0.2) is 22.5 Å². The lowest BCUT2D eigenvalue weighted by atomic mass is 9.85. The van der Waals surface area contributed by atoms with E-state index in [0.29, 0.717) is 5.92 Å². The summed E-state index contributed by atoms with van der Waals surface area (Å²) >= 11 is 0. The first kappa shape index (κ1) is 14.4. The fraction of sp³-hybridized carbons (Fsp3) is 0.615. The summed E-state index contributed by atoms with van der Waals surface area (Å²) in [5.41, 5.74) is 0. The Bertz CT molecular complexity index is 525. The number of sulfonamides is 1. The molecule has 0 bridgehead atoms. The Morgan fingerprint density at radius 1 is 1.37 bits per heavy atom. The highest BCUT2D eigenvalue weighted by molar-refractivity contribution is 7.89. The van der Waals surface area contributed by atoms with Gasteiger partial charge in [-0.3, -0.25) is 0 Å². The van der Waals surface area contributed by atoms with Crippen molar-refractivity contribution < 1.29 is 12.8 Å². The highest BCUT2D eigenvalue weighted by atomic mass is 32.2. The van der Waals surface area contributed by atoms with E-state index < -0.39 is 20.9 Å². The van der Waals surface area contributed by atoms with Crippen LogP contribution < -0.4 is 4.72 Å². The Balaban J connectivity index is 2.05. The number of hydrogen-bond donors (Lipinski definition) is 1. The van der Waals surface area contributed by atoms with E-state index in [0.717, 1.165) is 38.2 Å². The SMILES string of the molecule is CCC1CCC(NS(=O)(=O)c2ncccc2F)CC1. The molecule has 6 heteroatoms. The molecule has 0 radical (unpaired) electrons. The molecule has 0 unspecified atom stereocenters. The van der Waals surface area contributed by atoms with Crippen LogP contribution in [0.5, 0.6) is 0 Å². The van der Waals surface area contributed by atoms with E-state index in [-0.39, 0.29) is 6.04 Å². The van der Waals surface area contributed by atoms with E-state index in [4.69, 9.17) is 0 Å². The van der Waals surface area contributed by atoms with Crippen molar-refractivity contribution >= 4 is 10.0 Å². The summed E-state index contributed by atoms with van der Waals surface area (Å²) in [4.78, 5) is 3.62. The average molecular weight is 286 g/mol. The molecule has 1 fully saturated rings. The minimum Gasteiger partial charge on any atom is -0.241 e. The van der Waals surface area contributed by atoms with Crippen LogP contribution in [0.25, 0.3) is 0 Å². The number of aromatic nitrogens is 1. The van der Waals surface area contributed by atoms with Crippen molar-refractivity contribution in [2.24, 2.45) is 5.92 Å². The van der Waals surface area contributed by atoms with Gasteiger partial charge >= 0.3 is 0 Å². The van der Waals surface area contributed by atoms with E-state index in [1.807, 2.05) is 0 Å². The summed E-state index contributed by atoms with van der Waals surface area (Å²) in [6.07, 6.45) is 6.08. The van der Waals surface area contributed by atoms with Crippen LogP contribution in [-0.2, 0) is 10.0 Å². The van der Waals surface area contributed by atoms with Crippen LogP contribution >= 0.6 is 0 Å². The third-order valence-electron chi connectivity index (χ3n) is 3.73. The number of nitrogens with one attached hydrogen (secondary N) is 1. The van der Waals surface area contributed by atoms with Gasteiger partial charge in [-0.2, -0.15) is 0 Å². The van der Waals surface area contributed by atoms with Gasteiger partial charge in [0, 0.05) is 12.2 Å². The number of rotatable bonds is 4. The summed E-state index contributed by atoms with van der Waals surface area (Å²) in [5, 5.41) is -0.507. The molecule has 0 spiro atoms. The lowest BCUT2D eigenvalue weighted by molar-refractivity contribution is 0.306. The fourth-order valence-electron chi connectivity index (χ4n) is 2.53. The lowest BCUT2D eigenvalue weighted by Gasteiger charge is -2.28. The molecule has 0 atom stereocenters. The second-order valence-corrected chi connectivity index (χ2v) is 6.67. The van der Waals surface area contributed by atoms with Crippen molar-refractivity contribution in [3.63, 3.8) is 0 Å². The molecule has 1 aliphatic carbocycles. The maximum absolute atomic E-state index is 13.5. The van der Waals surface area contributed by atoms with Gasteiger partial charge in [0.25, 0.3) is 10.0 Å². The van der Waals surface area contributed by atoms with Crippen molar-refractivity contribution in [2.45, 2.75) is 50.1 Å². The van der Waals surface area contributed by atoms with Crippen molar-refractivity contribution in [3.8, 4) is 0 Å². The molecular formula is C13H19FN2O2S. The van der Waals surface area contributed by atoms with Crippen molar-refractivity contribution in [2.75, 3.05) is 0 Å². The Kier molecular flexibility index (Phi) is 4.52. The van der Waals surface area contributed by atoms with Gasteiger partial charge in [0.1, 0.15) is 0 Å². The normalized spacial score (nSPS) is 24.3. The molecule has 2 rings (SSSR count). The number of nitrogens with zero attached hydrogens (tertiary/aromatic N) is 1. The molecule has 1 saturated carbocycles. The first-order valence-electron chi connectivity index (χ1n) is 6.65. The Morgan fingerprint density at radius 3 is 2.63 bits per heavy atom. The first-order valence-corrected chi connectivity index (χ1v) is 8.14. The van der Waals surface area contributed by atoms with Crippen LogP contribution in [0, 0.1) is 11.7 Å². The Labute approximate surface area is 113 Å². The van der Waals surface area contributed by atoms with Crippen LogP contribution in [0.4, 0.5) is 4.39 Å². The van der Waals surface area contributed by atoms with Gasteiger partial charge in [0.2, 0.25) is 5.03 Å². The van der Waals surface area contributed by atoms with Crippen LogP contribution in [0.1, 0.15) is 39.0 Å². The van der Waals surface area contributed by atoms with Crippen LogP contribution in [0.2, 0.25) is 0 Å². The molecule has 1 aromatic heterocycles. The van der Waals surface area contributed by atoms with Crippen molar-refractivity contribution in [3.05, 3.63) is 24.1 Å². The summed E-state index contributed by atoms with van der Waals surface area (Å²) < 4.78 is 40.2. The molecule has 0 amide bonds. The zero-order valence-corrected chi connectivity index (χ0v) is 11.8. The first-order chi connectivity index (χ1) is 9.03. The van der Waals surface area contributed by atoms with Crippen LogP contribution in [0.15, 0.2) is 23.4 Å². The number of hydrogen-bond acceptors (Lipinski definition) is 3. The summed E-state index contributed by atoms with van der Waals surface area (Å²) in [6, 6.07) is 2.38. The van der Waals surface area contributed by atoms with Gasteiger partial charge in [0.15, 0.2) is 5.82 Å². The minimum atomic E-state index is -3.85. The third kappa shape index (κ3) is 3.51. The van der Waals surface area contributed by atoms with E-state index in [1.165, 1.54) is 12.3 Å². The quantitative estimate of drug-likeness (QED) is 0.925. The van der Waals surface area contributed by atoms with Gasteiger partial charge < -0.3 is 0 Å². The predicted molar refractivity (Wildman–Crippen MR) is 70.6 cm³/mol. The molecule has 0 aromatic carbocycles. The van der Waals surface area contributed by atoms with E-state index in [9.17, 15) is 12.8 Å². The second kappa shape index (κ2) is 5.96. The van der Waals surface area contributed by atoms with E-state index in [1.54, 1.807) is 0 Å². The molecule has 1 aromatic rings. The van der Waals surface area contributed by atoms with Gasteiger partial charge in [-0.1, -0.05) is 13.3 Å². The Hall–Kier alpha value is -1.01. The lowest BCUT2D eigenvalue weighted by Crippen LogP contribution is -2.38. The molecular weight excluding hydrogens is 267 g/mol. The largest absolute Gasteiger partial charge is 0.261 e. The monoisotopic (exact) mass is 286 g/mol. The van der Waals surface area contributed by atoms with Gasteiger partial charge in [0.05, 0.1) is 0 Å². The second-order valence-electron chi connectivity index (χ2n) is 5.04. The standard InChI is InChI=1S/C13H19FN2O2S/c1-2-10-5-7-11(8-6-10)16-19(17,18)13-12(14)4-3-9-15-13/h3-4,9-11,16H,2,5-8H2,1H3. The predicted octanol–water partition coefficient (Wildman–Crippen LogP) is 2.47. The van der Waals surface area contributed by atoms with Gasteiger partial charge in [-0.05, 0) is 43.7 Å². The molecule has 1 N–H and O–H groups in total. The summed E-state index contributed by atoms with van der Waals surface area (Å²) in [5.74, 6) is -0.121. The molecule has 0 saturated heterocycles. The van der Waals surface area contributed by atoms with Crippen LogP contribution in [-0.4, -0.2) is 19.4 Å². The van der Waals surface area contributed by atoms with E-state index in [2.05, 4.69) is 16.6 Å². The topological polar surface area (TPSA) is 59.1 Å². The fourth-order valence-corrected chi connectivity index (χ4v) is 3.84.